The quantitative estimate of drug-likeness (QED) is 0.266. The lowest BCUT2D eigenvalue weighted by atomic mass is 10.2. The van der Waals surface area contributed by atoms with Crippen LogP contribution in [0.4, 0.5) is 0 Å². The number of nitriles is 2. The van der Waals surface area contributed by atoms with Gasteiger partial charge in [-0.25, -0.2) is 0 Å². The van der Waals surface area contributed by atoms with E-state index in [4.69, 9.17) is 22.0 Å². The molecule has 18 heavy (non-hydrogen) atoms. The topological polar surface area (TPSA) is 153 Å². The Morgan fingerprint density at radius 3 is 1.50 bits per heavy atom. The standard InChI is InChI=1S/C10H16N8/c11-7-17-9(13)15-5-3-1-2-4-6-16-10(14)18-8-12/h1-6H2,(H2,13,15)(H2,14,16). The molecule has 2 radical (unpaired) electrons. The molecule has 0 heterocycles. The molecule has 8 heteroatoms. The summed E-state index contributed by atoms with van der Waals surface area (Å²) in [5.74, 6) is 0.0426. The van der Waals surface area contributed by atoms with Crippen molar-refractivity contribution in [3.05, 3.63) is 0 Å². The number of hydrogen-bond acceptors (Lipinski definition) is 4. The van der Waals surface area contributed by atoms with Crippen molar-refractivity contribution in [2.45, 2.75) is 25.7 Å². The van der Waals surface area contributed by atoms with Crippen LogP contribution in [0.15, 0.2) is 9.98 Å². The van der Waals surface area contributed by atoms with E-state index in [0.717, 1.165) is 25.7 Å². The molecule has 8 nitrogen and oxygen atoms in total. The first-order valence-corrected chi connectivity index (χ1v) is 5.50. The highest BCUT2D eigenvalue weighted by molar-refractivity contribution is 5.79. The Labute approximate surface area is 106 Å². The van der Waals surface area contributed by atoms with Crippen LogP contribution in [0.2, 0.25) is 0 Å². The van der Waals surface area contributed by atoms with Crippen LogP contribution < -0.4 is 22.1 Å². The molecule has 0 atom stereocenters. The molecule has 0 aromatic rings. The third kappa shape index (κ3) is 10.1. The molecule has 0 aliphatic carbocycles. The molecule has 0 aromatic heterocycles. The minimum Gasteiger partial charge on any atom is -0.367 e. The third-order valence-corrected chi connectivity index (χ3v) is 1.94. The van der Waals surface area contributed by atoms with Crippen LogP contribution in [0, 0.1) is 22.9 Å². The molecule has 0 aliphatic heterocycles. The van der Waals surface area contributed by atoms with Crippen molar-refractivity contribution in [3.63, 3.8) is 0 Å². The van der Waals surface area contributed by atoms with E-state index in [9.17, 15) is 0 Å². The van der Waals surface area contributed by atoms with E-state index < -0.39 is 0 Å². The van der Waals surface area contributed by atoms with Crippen molar-refractivity contribution in [2.75, 3.05) is 13.1 Å². The molecular weight excluding hydrogens is 232 g/mol. The van der Waals surface area contributed by atoms with Gasteiger partial charge in [-0.05, 0) is 12.8 Å². The average Bonchev–Trinajstić information content (AvgIpc) is 2.33. The van der Waals surface area contributed by atoms with Gasteiger partial charge in [-0.15, -0.1) is 10.6 Å². The largest absolute Gasteiger partial charge is 0.367 e. The first-order chi connectivity index (χ1) is 8.70. The zero-order valence-electron chi connectivity index (χ0n) is 10.1. The maximum Gasteiger partial charge on any atom is 0.226 e. The second-order valence-electron chi connectivity index (χ2n) is 3.32. The summed E-state index contributed by atoms with van der Waals surface area (Å²) < 4.78 is 0. The summed E-state index contributed by atoms with van der Waals surface area (Å²) >= 11 is 0. The second-order valence-corrected chi connectivity index (χ2v) is 3.32. The van der Waals surface area contributed by atoms with E-state index in [0.29, 0.717) is 13.1 Å². The molecule has 0 aliphatic rings. The Balaban J connectivity index is 3.43. The number of rotatable bonds is 7. The Hall–Kier alpha value is -2.48. The number of unbranched alkanes of at least 4 members (excludes halogenated alkanes) is 3. The molecule has 0 rings (SSSR count). The van der Waals surface area contributed by atoms with Gasteiger partial charge in [0, 0.05) is 13.1 Å². The molecule has 0 spiro atoms. The Kier molecular flexibility index (Phi) is 9.50. The van der Waals surface area contributed by atoms with Gasteiger partial charge < -0.3 is 11.5 Å². The molecule has 0 unspecified atom stereocenters. The van der Waals surface area contributed by atoms with Crippen LogP contribution in [0.1, 0.15) is 25.7 Å². The van der Waals surface area contributed by atoms with Gasteiger partial charge in [0.15, 0.2) is 0 Å². The van der Waals surface area contributed by atoms with Crippen LogP contribution in [0.3, 0.4) is 0 Å². The number of aliphatic imine (C=N–C) groups is 2. The molecule has 96 valence electrons. The number of nitrogens with two attached hydrogens (primary N) is 2. The molecule has 0 saturated heterocycles. The first kappa shape index (κ1) is 15.5. The van der Waals surface area contributed by atoms with Gasteiger partial charge >= 0.3 is 0 Å². The summed E-state index contributed by atoms with van der Waals surface area (Å²) in [6, 6.07) is 0. The second kappa shape index (κ2) is 11.0. The van der Waals surface area contributed by atoms with Gasteiger partial charge in [0.25, 0.3) is 0 Å². The fraction of sp³-hybridized carbons (Fsp3) is 0.600. The summed E-state index contributed by atoms with van der Waals surface area (Å²) in [4.78, 5) is 7.78. The predicted molar refractivity (Wildman–Crippen MR) is 66.9 cm³/mol. The fourth-order valence-corrected chi connectivity index (χ4v) is 1.14. The lowest BCUT2D eigenvalue weighted by Crippen LogP contribution is -2.21. The van der Waals surface area contributed by atoms with Crippen molar-refractivity contribution in [3.8, 4) is 12.4 Å². The highest BCUT2D eigenvalue weighted by atomic mass is 15.1. The Morgan fingerprint density at radius 1 is 0.778 bits per heavy atom. The zero-order chi connectivity index (χ0) is 13.6. The zero-order valence-corrected chi connectivity index (χ0v) is 10.1. The van der Waals surface area contributed by atoms with Crippen molar-refractivity contribution in [1.82, 2.24) is 10.6 Å². The minimum atomic E-state index is 0.0213. The number of nitrogens with zero attached hydrogens (tertiary/aromatic N) is 6. The molecule has 0 fully saturated rings. The molecule has 0 bridgehead atoms. The van der Waals surface area contributed by atoms with Crippen molar-refractivity contribution in [2.24, 2.45) is 21.5 Å². The summed E-state index contributed by atoms with van der Waals surface area (Å²) in [7, 11) is 0. The van der Waals surface area contributed by atoms with Gasteiger partial charge in [0.2, 0.25) is 24.3 Å². The normalized spacial score (nSPS) is 11.4. The van der Waals surface area contributed by atoms with E-state index in [2.05, 4.69) is 20.6 Å². The van der Waals surface area contributed by atoms with Crippen molar-refractivity contribution < 1.29 is 0 Å². The highest BCUT2D eigenvalue weighted by Gasteiger charge is 1.93. The van der Waals surface area contributed by atoms with E-state index in [1.807, 2.05) is 0 Å². The summed E-state index contributed by atoms with van der Waals surface area (Å²) in [5, 5.41) is 22.9. The van der Waals surface area contributed by atoms with Crippen molar-refractivity contribution in [1.29, 1.82) is 10.5 Å². The highest BCUT2D eigenvalue weighted by Crippen LogP contribution is 2.00. The average molecular weight is 248 g/mol. The molecule has 0 saturated carbocycles. The molecule has 0 amide bonds. The van der Waals surface area contributed by atoms with E-state index in [-0.39, 0.29) is 11.9 Å². The fourth-order valence-electron chi connectivity index (χ4n) is 1.14. The summed E-state index contributed by atoms with van der Waals surface area (Å²) in [6.07, 6.45) is 6.85. The smallest absolute Gasteiger partial charge is 0.226 e. The number of hydrogen-bond donors (Lipinski definition) is 2. The maximum absolute atomic E-state index is 8.19. The third-order valence-electron chi connectivity index (χ3n) is 1.94. The van der Waals surface area contributed by atoms with Gasteiger partial charge in [-0.2, -0.15) is 10.5 Å². The van der Waals surface area contributed by atoms with Crippen LogP contribution in [0.5, 0.6) is 0 Å². The summed E-state index contributed by atoms with van der Waals surface area (Å²) in [5.41, 5.74) is 10.6. The lowest BCUT2D eigenvalue weighted by molar-refractivity contribution is 0.652. The Morgan fingerprint density at radius 2 is 1.17 bits per heavy atom. The van der Waals surface area contributed by atoms with E-state index >= 15 is 0 Å². The van der Waals surface area contributed by atoms with Crippen LogP contribution >= 0.6 is 0 Å². The molecule has 0 aromatic carbocycles. The summed E-state index contributed by atoms with van der Waals surface area (Å²) in [6.45, 7) is 1.12. The van der Waals surface area contributed by atoms with Crippen LogP contribution in [0.25, 0.3) is 0 Å². The van der Waals surface area contributed by atoms with Crippen LogP contribution in [-0.2, 0) is 0 Å². The lowest BCUT2D eigenvalue weighted by Gasteiger charge is -1.98. The van der Waals surface area contributed by atoms with Crippen molar-refractivity contribution >= 4 is 11.9 Å². The van der Waals surface area contributed by atoms with E-state index in [1.54, 1.807) is 12.4 Å². The molecule has 4 N–H and O–H groups in total. The van der Waals surface area contributed by atoms with Gasteiger partial charge in [0.1, 0.15) is 0 Å². The van der Waals surface area contributed by atoms with Gasteiger partial charge in [-0.3, -0.25) is 9.98 Å². The van der Waals surface area contributed by atoms with Gasteiger partial charge in [0.05, 0.1) is 0 Å². The molecular formula is C10H16N8. The minimum absolute atomic E-state index is 0.0213. The Bertz CT molecular complexity index is 323. The maximum atomic E-state index is 8.19. The van der Waals surface area contributed by atoms with Crippen LogP contribution in [-0.4, -0.2) is 25.0 Å². The van der Waals surface area contributed by atoms with Gasteiger partial charge in [-0.1, -0.05) is 12.8 Å². The number of guanidine groups is 2. The monoisotopic (exact) mass is 248 g/mol. The van der Waals surface area contributed by atoms with E-state index in [1.165, 1.54) is 0 Å². The SMILES string of the molecule is N#C[N]C(N)=NCCCCCCN=C(N)[N]C#N. The predicted octanol–water partition coefficient (Wildman–Crippen LogP) is -0.653. The first-order valence-electron chi connectivity index (χ1n) is 5.50.